The summed E-state index contributed by atoms with van der Waals surface area (Å²) in [7, 11) is 0. The van der Waals surface area contributed by atoms with E-state index in [1.54, 1.807) is 0 Å². The van der Waals surface area contributed by atoms with Crippen molar-refractivity contribution >= 4 is 0 Å². The fourth-order valence-corrected chi connectivity index (χ4v) is 1.13. The molecule has 2 nitrogen and oxygen atoms in total. The van der Waals surface area contributed by atoms with Crippen LogP contribution in [0.15, 0.2) is 11.8 Å². The Balaban J connectivity index is 2.18. The molecule has 0 saturated heterocycles. The highest BCUT2D eigenvalue weighted by Crippen LogP contribution is 2.15. The van der Waals surface area contributed by atoms with Gasteiger partial charge in [0.1, 0.15) is 0 Å². The number of allylic oxidation sites excluding steroid dienone is 1. The van der Waals surface area contributed by atoms with Gasteiger partial charge >= 0.3 is 0 Å². The van der Waals surface area contributed by atoms with E-state index < -0.39 is 0 Å². The normalized spacial score (nSPS) is 17.9. The number of nitrogens with two attached hydrogens (primary N) is 1. The van der Waals surface area contributed by atoms with Crippen LogP contribution >= 0.6 is 0 Å². The van der Waals surface area contributed by atoms with E-state index in [-0.39, 0.29) is 0 Å². The van der Waals surface area contributed by atoms with Crippen molar-refractivity contribution in [2.45, 2.75) is 25.7 Å². The fraction of sp³-hybridized carbons (Fsp3) is 0.750. The van der Waals surface area contributed by atoms with Crippen LogP contribution in [0.4, 0.5) is 0 Å². The summed E-state index contributed by atoms with van der Waals surface area (Å²) < 4.78 is 5.18. The molecule has 1 aliphatic rings. The van der Waals surface area contributed by atoms with Crippen molar-refractivity contribution in [2.75, 3.05) is 13.2 Å². The van der Waals surface area contributed by atoms with Crippen LogP contribution in [0.3, 0.4) is 0 Å². The maximum absolute atomic E-state index is 5.38. The summed E-state index contributed by atoms with van der Waals surface area (Å²) in [4.78, 5) is 0. The largest absolute Gasteiger partial charge is 0.501 e. The second-order valence-corrected chi connectivity index (χ2v) is 2.64. The highest BCUT2D eigenvalue weighted by atomic mass is 16.5. The average Bonchev–Trinajstić information content (AvgIpc) is 2.03. The van der Waals surface area contributed by atoms with Crippen molar-refractivity contribution in [3.8, 4) is 0 Å². The third kappa shape index (κ3) is 2.40. The predicted molar refractivity (Wildman–Crippen MR) is 41.6 cm³/mol. The first-order chi connectivity index (χ1) is 4.93. The molecule has 0 aromatic rings. The molecule has 0 atom stereocenters. The summed E-state index contributed by atoms with van der Waals surface area (Å²) in [5.41, 5.74) is 6.81. The summed E-state index contributed by atoms with van der Waals surface area (Å²) in [6.07, 6.45) is 6.50. The van der Waals surface area contributed by atoms with Crippen LogP contribution in [0.2, 0.25) is 0 Å². The van der Waals surface area contributed by atoms with Crippen LogP contribution in [0.5, 0.6) is 0 Å². The lowest BCUT2D eigenvalue weighted by molar-refractivity contribution is 0.223. The summed E-state index contributed by atoms with van der Waals surface area (Å²) in [6, 6.07) is 0. The van der Waals surface area contributed by atoms with E-state index in [4.69, 9.17) is 10.5 Å². The summed E-state index contributed by atoms with van der Waals surface area (Å²) >= 11 is 0. The summed E-state index contributed by atoms with van der Waals surface area (Å²) in [6.45, 7) is 1.68. The molecule has 0 amide bonds. The van der Waals surface area contributed by atoms with E-state index in [9.17, 15) is 0 Å². The molecule has 0 fully saturated rings. The molecule has 0 aliphatic carbocycles. The average molecular weight is 141 g/mol. The minimum Gasteiger partial charge on any atom is -0.501 e. The highest BCUT2D eigenvalue weighted by molar-refractivity contribution is 4.99. The summed E-state index contributed by atoms with van der Waals surface area (Å²) in [5, 5.41) is 0. The molecule has 1 heterocycles. The Morgan fingerprint density at radius 2 is 2.50 bits per heavy atom. The Labute approximate surface area is 62.1 Å². The van der Waals surface area contributed by atoms with Gasteiger partial charge in [-0.1, -0.05) is 0 Å². The third-order valence-corrected chi connectivity index (χ3v) is 1.71. The van der Waals surface area contributed by atoms with Crippen molar-refractivity contribution in [3.05, 3.63) is 11.8 Å². The molecule has 0 radical (unpaired) electrons. The van der Waals surface area contributed by atoms with Gasteiger partial charge in [0, 0.05) is 0 Å². The van der Waals surface area contributed by atoms with Gasteiger partial charge in [0.15, 0.2) is 0 Å². The maximum atomic E-state index is 5.38. The molecule has 1 rings (SSSR count). The van der Waals surface area contributed by atoms with Crippen molar-refractivity contribution in [1.29, 1.82) is 0 Å². The van der Waals surface area contributed by atoms with Gasteiger partial charge in [-0.3, -0.25) is 0 Å². The lowest BCUT2D eigenvalue weighted by Crippen LogP contribution is -2.02. The molecule has 0 aromatic carbocycles. The molecule has 1 aliphatic heterocycles. The van der Waals surface area contributed by atoms with E-state index in [0.717, 1.165) is 26.0 Å². The van der Waals surface area contributed by atoms with Gasteiger partial charge in [0.05, 0.1) is 12.9 Å². The van der Waals surface area contributed by atoms with Gasteiger partial charge in [-0.15, -0.1) is 0 Å². The monoisotopic (exact) mass is 141 g/mol. The Bertz CT molecular complexity index is 120. The minimum absolute atomic E-state index is 0.789. The molecular weight excluding hydrogens is 126 g/mol. The molecule has 0 spiro atoms. The van der Waals surface area contributed by atoms with Crippen LogP contribution in [0, 0.1) is 0 Å². The second-order valence-electron chi connectivity index (χ2n) is 2.64. The van der Waals surface area contributed by atoms with Gasteiger partial charge in [0.25, 0.3) is 0 Å². The Kier molecular flexibility index (Phi) is 3.30. The Hall–Kier alpha value is -0.500. The zero-order valence-electron chi connectivity index (χ0n) is 6.31. The van der Waals surface area contributed by atoms with E-state index in [0.29, 0.717) is 0 Å². The second kappa shape index (κ2) is 4.34. The smallest absolute Gasteiger partial charge is 0.0876 e. The molecule has 0 aromatic heterocycles. The van der Waals surface area contributed by atoms with Crippen LogP contribution in [0.25, 0.3) is 0 Å². The molecular formula is C8H15NO. The highest BCUT2D eigenvalue weighted by Gasteiger charge is 2.02. The zero-order chi connectivity index (χ0) is 7.23. The molecule has 0 bridgehead atoms. The topological polar surface area (TPSA) is 35.2 Å². The van der Waals surface area contributed by atoms with E-state index in [2.05, 4.69) is 0 Å². The Morgan fingerprint density at radius 1 is 1.60 bits per heavy atom. The first kappa shape index (κ1) is 7.61. The maximum Gasteiger partial charge on any atom is 0.0876 e. The minimum atomic E-state index is 0.789. The quantitative estimate of drug-likeness (QED) is 0.645. The SMILES string of the molecule is NCCCC1=COCCC1. The predicted octanol–water partition coefficient (Wildman–Crippen LogP) is 1.42. The number of hydrogen-bond acceptors (Lipinski definition) is 2. The number of ether oxygens (including phenoxy) is 1. The molecule has 0 saturated carbocycles. The molecule has 2 heteroatoms. The summed E-state index contributed by atoms with van der Waals surface area (Å²) in [5.74, 6) is 0. The van der Waals surface area contributed by atoms with Crippen molar-refractivity contribution in [3.63, 3.8) is 0 Å². The van der Waals surface area contributed by atoms with E-state index >= 15 is 0 Å². The van der Waals surface area contributed by atoms with Crippen LogP contribution in [-0.4, -0.2) is 13.2 Å². The van der Waals surface area contributed by atoms with Crippen LogP contribution < -0.4 is 5.73 Å². The molecule has 2 N–H and O–H groups in total. The fourth-order valence-electron chi connectivity index (χ4n) is 1.13. The van der Waals surface area contributed by atoms with E-state index in [1.807, 2.05) is 6.26 Å². The van der Waals surface area contributed by atoms with Gasteiger partial charge < -0.3 is 10.5 Å². The molecule has 0 unspecified atom stereocenters. The van der Waals surface area contributed by atoms with E-state index in [1.165, 1.54) is 18.4 Å². The first-order valence-electron chi connectivity index (χ1n) is 3.93. The first-order valence-corrected chi connectivity index (χ1v) is 3.93. The lowest BCUT2D eigenvalue weighted by atomic mass is 10.1. The Morgan fingerprint density at radius 3 is 3.10 bits per heavy atom. The van der Waals surface area contributed by atoms with Gasteiger partial charge in [-0.2, -0.15) is 0 Å². The lowest BCUT2D eigenvalue weighted by Gasteiger charge is -2.12. The van der Waals surface area contributed by atoms with Gasteiger partial charge in [-0.25, -0.2) is 0 Å². The molecule has 58 valence electrons. The third-order valence-electron chi connectivity index (χ3n) is 1.71. The van der Waals surface area contributed by atoms with Crippen LogP contribution in [-0.2, 0) is 4.74 Å². The van der Waals surface area contributed by atoms with Crippen molar-refractivity contribution < 1.29 is 4.74 Å². The number of rotatable bonds is 3. The number of hydrogen-bond donors (Lipinski definition) is 1. The van der Waals surface area contributed by atoms with Crippen LogP contribution in [0.1, 0.15) is 25.7 Å². The van der Waals surface area contributed by atoms with Crippen molar-refractivity contribution in [2.24, 2.45) is 5.73 Å². The zero-order valence-corrected chi connectivity index (χ0v) is 6.31. The standard InChI is InChI=1S/C8H15NO/c9-5-1-3-8-4-2-6-10-7-8/h7H,1-6,9H2. The van der Waals surface area contributed by atoms with Gasteiger partial charge in [-0.05, 0) is 37.8 Å². The van der Waals surface area contributed by atoms with Gasteiger partial charge in [0.2, 0.25) is 0 Å². The van der Waals surface area contributed by atoms with Crippen molar-refractivity contribution in [1.82, 2.24) is 0 Å². The molecule has 10 heavy (non-hydrogen) atoms.